The Hall–Kier alpha value is -1.22. The summed E-state index contributed by atoms with van der Waals surface area (Å²) < 4.78 is 0. The van der Waals surface area contributed by atoms with Crippen LogP contribution in [0.1, 0.15) is 13.8 Å². The van der Waals surface area contributed by atoms with Crippen molar-refractivity contribution in [1.29, 1.82) is 0 Å². The van der Waals surface area contributed by atoms with Gasteiger partial charge in [0.25, 0.3) is 0 Å². The first-order chi connectivity index (χ1) is 5.29. The van der Waals surface area contributed by atoms with Gasteiger partial charge in [-0.05, 0) is 13.8 Å². The average Bonchev–Trinajstić information content (AvgIpc) is 1.88. The zero-order chi connectivity index (χ0) is 10.3. The Morgan fingerprint density at radius 2 is 1.00 bits per heavy atom. The number of hydrogen-bond donors (Lipinski definition) is 6. The van der Waals surface area contributed by atoms with E-state index in [9.17, 15) is 9.59 Å². The van der Waals surface area contributed by atoms with Crippen LogP contribution in [0.25, 0.3) is 0 Å². The van der Waals surface area contributed by atoms with E-state index in [-0.39, 0.29) is 12.3 Å². The topological polar surface area (TPSA) is 197 Å². The van der Waals surface area contributed by atoms with Crippen molar-refractivity contribution >= 4 is 11.9 Å². The van der Waals surface area contributed by atoms with Crippen LogP contribution in [-0.4, -0.2) is 34.2 Å². The summed E-state index contributed by atoms with van der Waals surface area (Å²) in [7, 11) is 0. The summed E-state index contributed by atoms with van der Waals surface area (Å²) >= 11 is 0. The van der Waals surface area contributed by atoms with E-state index < -0.39 is 24.0 Å². The van der Waals surface area contributed by atoms with Crippen molar-refractivity contribution in [2.24, 2.45) is 11.5 Å². The van der Waals surface area contributed by atoms with Crippen molar-refractivity contribution in [3.05, 3.63) is 0 Å². The summed E-state index contributed by atoms with van der Waals surface area (Å²) in [6.07, 6.45) is 0. The van der Waals surface area contributed by atoms with Crippen LogP contribution < -0.4 is 23.8 Å². The Morgan fingerprint density at radius 1 is 0.929 bits per heavy atom. The van der Waals surface area contributed by atoms with Crippen molar-refractivity contribution in [3.8, 4) is 0 Å². The van der Waals surface area contributed by atoms with Gasteiger partial charge in [-0.25, -0.2) is 0 Å². The number of aliphatic carboxylic acids is 2. The third-order valence-electron chi connectivity index (χ3n) is 0.779. The lowest BCUT2D eigenvalue weighted by atomic mass is 10.4. The Labute approximate surface area is 82.4 Å². The van der Waals surface area contributed by atoms with E-state index >= 15 is 0 Å². The molecule has 8 heteroatoms. The minimum atomic E-state index is -0.963. The summed E-state index contributed by atoms with van der Waals surface area (Å²) in [5.74, 6) is -1.93. The highest BCUT2D eigenvalue weighted by atomic mass is 16.4. The molecule has 0 saturated heterocycles. The van der Waals surface area contributed by atoms with Crippen LogP contribution in [0.2, 0.25) is 0 Å². The molecule has 0 aliphatic rings. The van der Waals surface area contributed by atoms with Crippen molar-refractivity contribution in [2.45, 2.75) is 25.9 Å². The van der Waals surface area contributed by atoms with E-state index in [0.717, 1.165) is 0 Å². The van der Waals surface area contributed by atoms with Gasteiger partial charge in [-0.2, -0.15) is 0 Å². The molecule has 0 unspecified atom stereocenters. The zero-order valence-corrected chi connectivity index (χ0v) is 8.43. The predicted octanol–water partition coefficient (Wildman–Crippen LogP) is -0.840. The highest BCUT2D eigenvalue weighted by Gasteiger charge is 2.00. The van der Waals surface area contributed by atoms with Gasteiger partial charge in [0, 0.05) is 0 Å². The first-order valence-electron chi connectivity index (χ1n) is 3.25. The van der Waals surface area contributed by atoms with Crippen molar-refractivity contribution in [1.82, 2.24) is 12.3 Å². The molecule has 0 rings (SSSR count). The molecule has 0 amide bonds. The van der Waals surface area contributed by atoms with E-state index in [1.165, 1.54) is 13.8 Å². The van der Waals surface area contributed by atoms with Crippen LogP contribution in [0.5, 0.6) is 0 Å². The van der Waals surface area contributed by atoms with E-state index in [2.05, 4.69) is 0 Å². The summed E-state index contributed by atoms with van der Waals surface area (Å²) in [6.45, 7) is 2.84. The fourth-order valence-corrected chi connectivity index (χ4v) is 0. The smallest absolute Gasteiger partial charge is 0.320 e. The maximum atomic E-state index is 9.57. The number of carbonyl (C=O) groups is 2. The van der Waals surface area contributed by atoms with Crippen LogP contribution in [0, 0.1) is 0 Å². The number of carboxylic acid groups (broad SMARTS) is 2. The van der Waals surface area contributed by atoms with E-state index in [0.29, 0.717) is 0 Å². The standard InChI is InChI=1S/2C3H7NO2.2H3N/c2*1-2(4)3(5)6;;/h2*2H,4H2,1H3,(H,5,6);2*1H3/t2*2-;;/m00../s1. The highest BCUT2D eigenvalue weighted by Crippen LogP contribution is 1.68. The largest absolute Gasteiger partial charge is 0.480 e. The lowest BCUT2D eigenvalue weighted by Crippen LogP contribution is -2.25. The van der Waals surface area contributed by atoms with Crippen molar-refractivity contribution < 1.29 is 19.8 Å². The third-order valence-corrected chi connectivity index (χ3v) is 0.779. The molecule has 8 nitrogen and oxygen atoms in total. The Morgan fingerprint density at radius 3 is 1.00 bits per heavy atom. The maximum absolute atomic E-state index is 9.57. The molecule has 0 spiro atoms. The number of hydrogen-bond acceptors (Lipinski definition) is 6. The fraction of sp³-hybridized carbons (Fsp3) is 0.667. The summed E-state index contributed by atoms with van der Waals surface area (Å²) in [6, 6.07) is -1.46. The molecule has 0 fully saturated rings. The van der Waals surface area contributed by atoms with E-state index in [1.54, 1.807) is 0 Å². The third kappa shape index (κ3) is 22.4. The quantitative estimate of drug-likeness (QED) is 0.340. The fourth-order valence-electron chi connectivity index (χ4n) is 0. The molecule has 0 aliphatic heterocycles. The maximum Gasteiger partial charge on any atom is 0.320 e. The second-order valence-corrected chi connectivity index (χ2v) is 2.25. The minimum Gasteiger partial charge on any atom is -0.480 e. The van der Waals surface area contributed by atoms with Crippen LogP contribution in [0.3, 0.4) is 0 Å². The molecule has 12 N–H and O–H groups in total. The molecule has 0 radical (unpaired) electrons. The summed E-state index contributed by atoms with van der Waals surface area (Å²) in [4.78, 5) is 19.1. The van der Waals surface area contributed by atoms with Crippen LogP contribution in [0.4, 0.5) is 0 Å². The van der Waals surface area contributed by atoms with Crippen LogP contribution in [-0.2, 0) is 9.59 Å². The Balaban J connectivity index is -0.0000000625. The van der Waals surface area contributed by atoms with Crippen molar-refractivity contribution in [2.75, 3.05) is 0 Å². The van der Waals surface area contributed by atoms with Crippen molar-refractivity contribution in [3.63, 3.8) is 0 Å². The van der Waals surface area contributed by atoms with Gasteiger partial charge < -0.3 is 34.0 Å². The SMILES string of the molecule is C[C@H](N)C(=O)O.C[C@H](N)C(=O)O.N.N. The zero-order valence-electron chi connectivity index (χ0n) is 8.43. The molecule has 0 saturated carbocycles. The van der Waals surface area contributed by atoms with Gasteiger partial charge >= 0.3 is 11.9 Å². The summed E-state index contributed by atoms with van der Waals surface area (Å²) in [5.41, 5.74) is 9.67. The molecule has 0 heterocycles. The molecule has 0 aromatic rings. The van der Waals surface area contributed by atoms with Gasteiger partial charge in [0.2, 0.25) is 0 Å². The predicted molar refractivity (Wildman–Crippen MR) is 52.6 cm³/mol. The van der Waals surface area contributed by atoms with Gasteiger partial charge in [-0.3, -0.25) is 9.59 Å². The first kappa shape index (κ1) is 23.0. The molecule has 14 heavy (non-hydrogen) atoms. The Kier molecular flexibility index (Phi) is 19.4. The second kappa shape index (κ2) is 11.8. The molecule has 0 aliphatic carbocycles. The minimum absolute atomic E-state index is 0. The number of carboxylic acids is 2. The number of rotatable bonds is 2. The van der Waals surface area contributed by atoms with E-state index in [4.69, 9.17) is 21.7 Å². The molecular weight excluding hydrogens is 192 g/mol. The molecular formula is C6H20N4O4. The highest BCUT2D eigenvalue weighted by molar-refractivity contribution is 5.72. The van der Waals surface area contributed by atoms with Gasteiger partial charge in [-0.1, -0.05) is 0 Å². The van der Waals surface area contributed by atoms with Gasteiger partial charge in [0.15, 0.2) is 0 Å². The van der Waals surface area contributed by atoms with Crippen LogP contribution >= 0.6 is 0 Å². The molecule has 0 aromatic heterocycles. The molecule has 0 bridgehead atoms. The normalized spacial score (nSPS) is 11.7. The number of nitrogens with two attached hydrogens (primary N) is 2. The second-order valence-electron chi connectivity index (χ2n) is 2.25. The molecule has 88 valence electrons. The van der Waals surface area contributed by atoms with E-state index in [1.807, 2.05) is 0 Å². The first-order valence-corrected chi connectivity index (χ1v) is 3.25. The monoisotopic (exact) mass is 212 g/mol. The van der Waals surface area contributed by atoms with Gasteiger partial charge in [-0.15, -0.1) is 0 Å². The van der Waals surface area contributed by atoms with Gasteiger partial charge in [0.1, 0.15) is 12.1 Å². The summed E-state index contributed by atoms with van der Waals surface area (Å²) in [5, 5.41) is 15.7. The lowest BCUT2D eigenvalue weighted by Gasteiger charge is -1.90. The Bertz CT molecular complexity index is 142. The van der Waals surface area contributed by atoms with Gasteiger partial charge in [0.05, 0.1) is 0 Å². The van der Waals surface area contributed by atoms with Crippen LogP contribution in [0.15, 0.2) is 0 Å². The lowest BCUT2D eigenvalue weighted by molar-refractivity contribution is -0.139. The molecule has 2 atom stereocenters. The average molecular weight is 212 g/mol. The molecule has 0 aromatic carbocycles.